The largest absolute Gasteiger partial charge is 0.478 e. The SMILES string of the molecule is CCCn1nccc1CNc1cc(C(=O)O)ccc1F. The molecule has 1 aromatic heterocycles. The molecule has 0 unspecified atom stereocenters. The summed E-state index contributed by atoms with van der Waals surface area (Å²) in [6.45, 7) is 3.23. The molecule has 106 valence electrons. The zero-order chi connectivity index (χ0) is 14.5. The normalized spacial score (nSPS) is 10.5. The number of carboxylic acids is 1. The molecule has 2 aromatic rings. The number of anilines is 1. The van der Waals surface area contributed by atoms with Gasteiger partial charge < -0.3 is 10.4 Å². The molecule has 0 aliphatic carbocycles. The van der Waals surface area contributed by atoms with E-state index in [2.05, 4.69) is 17.3 Å². The van der Waals surface area contributed by atoms with Gasteiger partial charge in [0.05, 0.1) is 23.5 Å². The number of carboxylic acid groups (broad SMARTS) is 1. The molecule has 0 atom stereocenters. The molecule has 1 heterocycles. The lowest BCUT2D eigenvalue weighted by Gasteiger charge is -2.10. The van der Waals surface area contributed by atoms with E-state index in [0.717, 1.165) is 24.7 Å². The topological polar surface area (TPSA) is 67.2 Å². The van der Waals surface area contributed by atoms with Gasteiger partial charge in [0.2, 0.25) is 0 Å². The van der Waals surface area contributed by atoms with Gasteiger partial charge in [-0.05, 0) is 30.7 Å². The summed E-state index contributed by atoms with van der Waals surface area (Å²) in [7, 11) is 0. The molecule has 0 saturated carbocycles. The lowest BCUT2D eigenvalue weighted by Crippen LogP contribution is -2.10. The number of nitrogens with zero attached hydrogens (tertiary/aromatic N) is 2. The van der Waals surface area contributed by atoms with Crippen LogP contribution in [0.1, 0.15) is 29.4 Å². The van der Waals surface area contributed by atoms with E-state index in [4.69, 9.17) is 5.11 Å². The van der Waals surface area contributed by atoms with Crippen molar-refractivity contribution in [1.29, 1.82) is 0 Å². The molecule has 20 heavy (non-hydrogen) atoms. The minimum absolute atomic E-state index is 0.0518. The molecule has 0 radical (unpaired) electrons. The molecule has 0 saturated heterocycles. The second kappa shape index (κ2) is 6.18. The van der Waals surface area contributed by atoms with E-state index < -0.39 is 11.8 Å². The molecule has 0 amide bonds. The summed E-state index contributed by atoms with van der Waals surface area (Å²) < 4.78 is 15.5. The van der Waals surface area contributed by atoms with Crippen LogP contribution >= 0.6 is 0 Å². The van der Waals surface area contributed by atoms with Gasteiger partial charge in [0.1, 0.15) is 5.82 Å². The van der Waals surface area contributed by atoms with E-state index in [9.17, 15) is 9.18 Å². The average molecular weight is 277 g/mol. The molecule has 5 nitrogen and oxygen atoms in total. The minimum atomic E-state index is -1.08. The van der Waals surface area contributed by atoms with Gasteiger partial charge in [-0.15, -0.1) is 0 Å². The van der Waals surface area contributed by atoms with Crippen molar-refractivity contribution in [1.82, 2.24) is 9.78 Å². The van der Waals surface area contributed by atoms with Gasteiger partial charge in [-0.25, -0.2) is 9.18 Å². The van der Waals surface area contributed by atoms with Crippen LogP contribution in [0.4, 0.5) is 10.1 Å². The zero-order valence-corrected chi connectivity index (χ0v) is 11.1. The first-order chi connectivity index (χ1) is 9.61. The highest BCUT2D eigenvalue weighted by molar-refractivity contribution is 5.88. The summed E-state index contributed by atoms with van der Waals surface area (Å²) in [4.78, 5) is 10.9. The highest BCUT2D eigenvalue weighted by Gasteiger charge is 2.09. The first kappa shape index (κ1) is 14.0. The predicted molar refractivity (Wildman–Crippen MR) is 73.2 cm³/mol. The molecule has 0 aliphatic heterocycles. The van der Waals surface area contributed by atoms with Crippen LogP contribution in [-0.2, 0) is 13.1 Å². The summed E-state index contributed by atoms with van der Waals surface area (Å²) in [6, 6.07) is 5.53. The molecular weight excluding hydrogens is 261 g/mol. The Hall–Kier alpha value is -2.37. The molecule has 0 bridgehead atoms. The second-order valence-corrected chi connectivity index (χ2v) is 4.40. The van der Waals surface area contributed by atoms with E-state index in [1.54, 1.807) is 6.20 Å². The third kappa shape index (κ3) is 3.14. The Labute approximate surface area is 116 Å². The number of hydrogen-bond donors (Lipinski definition) is 2. The Morgan fingerprint density at radius 1 is 1.45 bits per heavy atom. The maximum Gasteiger partial charge on any atom is 0.335 e. The Morgan fingerprint density at radius 3 is 2.95 bits per heavy atom. The fraction of sp³-hybridized carbons (Fsp3) is 0.286. The number of rotatable bonds is 6. The van der Waals surface area contributed by atoms with Crippen LogP contribution < -0.4 is 5.32 Å². The molecular formula is C14H16FN3O2. The van der Waals surface area contributed by atoms with Crippen LogP contribution in [-0.4, -0.2) is 20.9 Å². The zero-order valence-electron chi connectivity index (χ0n) is 11.1. The van der Waals surface area contributed by atoms with Crippen LogP contribution in [0.2, 0.25) is 0 Å². The molecule has 1 aromatic carbocycles. The Kier molecular flexibility index (Phi) is 4.34. The van der Waals surface area contributed by atoms with Crippen molar-refractivity contribution in [2.24, 2.45) is 0 Å². The minimum Gasteiger partial charge on any atom is -0.478 e. The maximum absolute atomic E-state index is 13.6. The molecule has 2 rings (SSSR count). The number of aromatic nitrogens is 2. The Balaban J connectivity index is 2.12. The standard InChI is InChI=1S/C14H16FN3O2/c1-2-7-18-11(5-6-17-18)9-16-13-8-10(14(19)20)3-4-12(13)15/h3-6,8,16H,2,7,9H2,1H3,(H,19,20). The second-order valence-electron chi connectivity index (χ2n) is 4.40. The fourth-order valence-electron chi connectivity index (χ4n) is 1.90. The van der Waals surface area contributed by atoms with Crippen molar-refractivity contribution < 1.29 is 14.3 Å². The first-order valence-corrected chi connectivity index (χ1v) is 6.39. The number of halogens is 1. The Morgan fingerprint density at radius 2 is 2.25 bits per heavy atom. The molecule has 6 heteroatoms. The summed E-state index contributed by atoms with van der Waals surface area (Å²) >= 11 is 0. The van der Waals surface area contributed by atoms with Crippen molar-refractivity contribution >= 4 is 11.7 Å². The number of benzene rings is 1. The van der Waals surface area contributed by atoms with Gasteiger partial charge in [0.15, 0.2) is 0 Å². The van der Waals surface area contributed by atoms with Gasteiger partial charge >= 0.3 is 5.97 Å². The third-order valence-electron chi connectivity index (χ3n) is 2.91. The molecule has 0 fully saturated rings. The van der Waals surface area contributed by atoms with E-state index in [0.29, 0.717) is 6.54 Å². The Bertz CT molecular complexity index is 610. The van der Waals surface area contributed by atoms with Crippen LogP contribution in [0.3, 0.4) is 0 Å². The van der Waals surface area contributed by atoms with Crippen LogP contribution in [0.5, 0.6) is 0 Å². The average Bonchev–Trinajstić information content (AvgIpc) is 2.85. The summed E-state index contributed by atoms with van der Waals surface area (Å²) in [6.07, 6.45) is 2.65. The van der Waals surface area contributed by atoms with Crippen molar-refractivity contribution in [2.45, 2.75) is 26.4 Å². The number of carbonyl (C=O) groups is 1. The van der Waals surface area contributed by atoms with Gasteiger partial charge in [-0.2, -0.15) is 5.10 Å². The van der Waals surface area contributed by atoms with Crippen LogP contribution in [0.25, 0.3) is 0 Å². The van der Waals surface area contributed by atoms with E-state index in [1.165, 1.54) is 12.1 Å². The quantitative estimate of drug-likeness (QED) is 0.852. The summed E-state index contributed by atoms with van der Waals surface area (Å²) in [5.41, 5.74) is 1.15. The van der Waals surface area contributed by atoms with E-state index in [1.807, 2.05) is 10.7 Å². The summed E-state index contributed by atoms with van der Waals surface area (Å²) in [5.74, 6) is -1.55. The van der Waals surface area contributed by atoms with Gasteiger partial charge in [0.25, 0.3) is 0 Å². The number of nitrogens with one attached hydrogen (secondary N) is 1. The fourth-order valence-corrected chi connectivity index (χ4v) is 1.90. The van der Waals surface area contributed by atoms with Crippen molar-refractivity contribution in [2.75, 3.05) is 5.32 Å². The highest BCUT2D eigenvalue weighted by atomic mass is 19.1. The van der Waals surface area contributed by atoms with E-state index in [-0.39, 0.29) is 11.3 Å². The van der Waals surface area contributed by atoms with Crippen LogP contribution in [0.15, 0.2) is 30.5 Å². The monoisotopic (exact) mass is 277 g/mol. The lowest BCUT2D eigenvalue weighted by molar-refractivity contribution is 0.0697. The summed E-state index contributed by atoms with van der Waals surface area (Å²) in [5, 5.41) is 16.0. The maximum atomic E-state index is 13.6. The van der Waals surface area contributed by atoms with Crippen molar-refractivity contribution in [3.8, 4) is 0 Å². The van der Waals surface area contributed by atoms with Gasteiger partial charge in [0, 0.05) is 12.7 Å². The molecule has 0 aliphatic rings. The van der Waals surface area contributed by atoms with Crippen molar-refractivity contribution in [3.63, 3.8) is 0 Å². The molecule has 2 N–H and O–H groups in total. The first-order valence-electron chi connectivity index (χ1n) is 6.39. The van der Waals surface area contributed by atoms with Crippen LogP contribution in [0, 0.1) is 5.82 Å². The van der Waals surface area contributed by atoms with Crippen molar-refractivity contribution in [3.05, 3.63) is 47.5 Å². The molecule has 0 spiro atoms. The van der Waals surface area contributed by atoms with E-state index >= 15 is 0 Å². The lowest BCUT2D eigenvalue weighted by atomic mass is 10.2. The number of aromatic carboxylic acids is 1. The number of hydrogen-bond acceptors (Lipinski definition) is 3. The number of aryl methyl sites for hydroxylation is 1. The predicted octanol–water partition coefficient (Wildman–Crippen LogP) is 2.74. The third-order valence-corrected chi connectivity index (χ3v) is 2.91. The van der Waals surface area contributed by atoms with Gasteiger partial charge in [-0.1, -0.05) is 6.92 Å². The highest BCUT2D eigenvalue weighted by Crippen LogP contribution is 2.17. The van der Waals surface area contributed by atoms with Gasteiger partial charge in [-0.3, -0.25) is 4.68 Å². The smallest absolute Gasteiger partial charge is 0.335 e.